The minimum absolute atomic E-state index is 0.111. The molecule has 0 bridgehead atoms. The van der Waals surface area contributed by atoms with Crippen LogP contribution in [0, 0.1) is 13.8 Å². The number of para-hydroxylation sites is 3. The summed E-state index contributed by atoms with van der Waals surface area (Å²) < 4.78 is 2.48. The maximum Gasteiger partial charge on any atom is 0.0547 e. The first-order chi connectivity index (χ1) is 26.9. The van der Waals surface area contributed by atoms with Gasteiger partial charge in [0.15, 0.2) is 0 Å². The van der Waals surface area contributed by atoms with E-state index in [1.165, 1.54) is 98.9 Å². The van der Waals surface area contributed by atoms with Gasteiger partial charge in [0, 0.05) is 27.6 Å². The van der Waals surface area contributed by atoms with E-state index in [2.05, 4.69) is 207 Å². The summed E-state index contributed by atoms with van der Waals surface area (Å²) in [5.41, 5.74) is 14.9. The van der Waals surface area contributed by atoms with E-state index in [9.17, 15) is 0 Å². The van der Waals surface area contributed by atoms with Crippen LogP contribution < -0.4 is 4.90 Å². The number of benzene rings is 9. The standard InChI is InChI=1S/C53H40N2/c1-33-28-30-41-39-20-6-5-18-37(39)38-19-7-8-21-40(38)51(41)49(33)50-34(2)29-31-48-52(50)42-22-9-12-25-45(42)54(48)35-16-15-17-36(32-35)55-46-26-13-10-23-43(46)53(3,4)44-24-11-14-27-47(44)55/h5-32H,1-4H3. The van der Waals surface area contributed by atoms with Crippen molar-refractivity contribution >= 4 is 71.2 Å². The highest BCUT2D eigenvalue weighted by molar-refractivity contribution is 6.30. The van der Waals surface area contributed by atoms with Crippen molar-refractivity contribution in [2.24, 2.45) is 0 Å². The maximum atomic E-state index is 2.48. The molecule has 0 saturated carbocycles. The predicted molar refractivity (Wildman–Crippen MR) is 235 cm³/mol. The number of hydrogen-bond donors (Lipinski definition) is 0. The molecule has 0 spiro atoms. The lowest BCUT2D eigenvalue weighted by molar-refractivity contribution is 0.632. The van der Waals surface area contributed by atoms with E-state index in [1.54, 1.807) is 0 Å². The molecule has 0 aliphatic carbocycles. The molecule has 0 saturated heterocycles. The Labute approximate surface area is 321 Å². The average Bonchev–Trinajstić information content (AvgIpc) is 3.56. The van der Waals surface area contributed by atoms with Crippen LogP contribution in [0.1, 0.15) is 36.1 Å². The first-order valence-corrected chi connectivity index (χ1v) is 19.4. The van der Waals surface area contributed by atoms with Crippen LogP contribution in [0.15, 0.2) is 170 Å². The number of fused-ring (bicyclic) bond motifs is 11. The summed E-state index contributed by atoms with van der Waals surface area (Å²) in [6, 6.07) is 63.1. The molecule has 11 rings (SSSR count). The first-order valence-electron chi connectivity index (χ1n) is 19.4. The van der Waals surface area contributed by atoms with Gasteiger partial charge in [-0.05, 0) is 122 Å². The Bertz CT molecular complexity index is 3130. The van der Waals surface area contributed by atoms with Crippen LogP contribution in [0.25, 0.3) is 70.9 Å². The van der Waals surface area contributed by atoms with Crippen LogP contribution >= 0.6 is 0 Å². The summed E-state index contributed by atoms with van der Waals surface area (Å²) in [7, 11) is 0. The van der Waals surface area contributed by atoms with Crippen molar-refractivity contribution in [2.75, 3.05) is 4.90 Å². The molecular formula is C53H40N2. The third-order valence-electron chi connectivity index (χ3n) is 12.4. The molecule has 0 fully saturated rings. The molecule has 0 radical (unpaired) electrons. The molecule has 10 aromatic rings. The summed E-state index contributed by atoms with van der Waals surface area (Å²) in [6.07, 6.45) is 0. The van der Waals surface area contributed by atoms with Crippen LogP contribution in [-0.2, 0) is 5.41 Å². The van der Waals surface area contributed by atoms with Gasteiger partial charge in [0.1, 0.15) is 0 Å². The number of hydrogen-bond acceptors (Lipinski definition) is 1. The molecule has 1 aromatic heterocycles. The first kappa shape index (κ1) is 31.8. The largest absolute Gasteiger partial charge is 0.310 e. The van der Waals surface area contributed by atoms with Crippen molar-refractivity contribution in [1.29, 1.82) is 0 Å². The van der Waals surface area contributed by atoms with E-state index in [4.69, 9.17) is 0 Å². The van der Waals surface area contributed by atoms with Crippen LogP contribution in [0.4, 0.5) is 17.1 Å². The highest BCUT2D eigenvalue weighted by Crippen LogP contribution is 2.52. The number of aryl methyl sites for hydroxylation is 2. The molecule has 0 atom stereocenters. The second kappa shape index (κ2) is 11.7. The molecule has 2 heterocycles. The second-order valence-electron chi connectivity index (χ2n) is 15.8. The molecule has 0 unspecified atom stereocenters. The fourth-order valence-electron chi connectivity index (χ4n) is 9.91. The van der Waals surface area contributed by atoms with Crippen LogP contribution in [0.3, 0.4) is 0 Å². The summed E-state index contributed by atoms with van der Waals surface area (Å²) in [6.45, 7) is 9.27. The fourth-order valence-corrected chi connectivity index (χ4v) is 9.91. The molecule has 0 amide bonds. The monoisotopic (exact) mass is 704 g/mol. The number of rotatable bonds is 3. The van der Waals surface area contributed by atoms with Gasteiger partial charge >= 0.3 is 0 Å². The molecule has 55 heavy (non-hydrogen) atoms. The molecule has 2 nitrogen and oxygen atoms in total. The zero-order valence-electron chi connectivity index (χ0n) is 31.6. The Morgan fingerprint density at radius 1 is 0.382 bits per heavy atom. The van der Waals surface area contributed by atoms with Gasteiger partial charge in [-0.15, -0.1) is 0 Å². The Hall–Kier alpha value is -6.64. The topological polar surface area (TPSA) is 8.17 Å². The predicted octanol–water partition coefficient (Wildman–Crippen LogP) is 14.6. The van der Waals surface area contributed by atoms with Gasteiger partial charge < -0.3 is 9.47 Å². The van der Waals surface area contributed by atoms with Crippen molar-refractivity contribution < 1.29 is 0 Å². The summed E-state index contributed by atoms with van der Waals surface area (Å²) in [4.78, 5) is 2.46. The third kappa shape index (κ3) is 4.43. The number of nitrogens with zero attached hydrogens (tertiary/aromatic N) is 2. The molecule has 1 aliphatic heterocycles. The van der Waals surface area contributed by atoms with Gasteiger partial charge in [-0.25, -0.2) is 0 Å². The Balaban J connectivity index is 1.21. The van der Waals surface area contributed by atoms with Gasteiger partial charge in [-0.1, -0.05) is 141 Å². The fraction of sp³-hybridized carbons (Fsp3) is 0.0943. The van der Waals surface area contributed by atoms with Gasteiger partial charge in [0.05, 0.1) is 22.4 Å². The zero-order valence-corrected chi connectivity index (χ0v) is 31.6. The highest BCUT2D eigenvalue weighted by atomic mass is 15.2. The van der Waals surface area contributed by atoms with E-state index in [0.717, 1.165) is 11.4 Å². The average molecular weight is 705 g/mol. The van der Waals surface area contributed by atoms with Crippen molar-refractivity contribution in [3.63, 3.8) is 0 Å². The Morgan fingerprint density at radius 3 is 1.55 bits per heavy atom. The summed E-state index contributed by atoms with van der Waals surface area (Å²) >= 11 is 0. The van der Waals surface area contributed by atoms with Gasteiger partial charge in [-0.2, -0.15) is 0 Å². The lowest BCUT2D eigenvalue weighted by Crippen LogP contribution is -2.30. The van der Waals surface area contributed by atoms with E-state index >= 15 is 0 Å². The quantitative estimate of drug-likeness (QED) is 0.166. The smallest absolute Gasteiger partial charge is 0.0547 e. The lowest BCUT2D eigenvalue weighted by atomic mass is 9.73. The van der Waals surface area contributed by atoms with Crippen molar-refractivity contribution in [3.05, 3.63) is 192 Å². The Morgan fingerprint density at radius 2 is 0.873 bits per heavy atom. The van der Waals surface area contributed by atoms with Crippen molar-refractivity contribution in [1.82, 2.24) is 4.57 Å². The molecule has 9 aromatic carbocycles. The van der Waals surface area contributed by atoms with Crippen molar-refractivity contribution in [2.45, 2.75) is 33.1 Å². The highest BCUT2D eigenvalue weighted by Gasteiger charge is 2.36. The third-order valence-corrected chi connectivity index (χ3v) is 12.4. The van der Waals surface area contributed by atoms with Crippen LogP contribution in [-0.4, -0.2) is 4.57 Å². The SMILES string of the molecule is Cc1ccc2c3ccccc3c3ccccc3c2c1-c1c(C)ccc2c1c1ccccc1n2-c1cccc(N2c3ccccc3C(C)(C)c3ccccc32)c1. The summed E-state index contributed by atoms with van der Waals surface area (Å²) in [5, 5.41) is 10.4. The van der Waals surface area contributed by atoms with Gasteiger partial charge in [0.25, 0.3) is 0 Å². The van der Waals surface area contributed by atoms with E-state index < -0.39 is 0 Å². The van der Waals surface area contributed by atoms with Crippen LogP contribution in [0.5, 0.6) is 0 Å². The van der Waals surface area contributed by atoms with Crippen LogP contribution in [0.2, 0.25) is 0 Å². The van der Waals surface area contributed by atoms with Gasteiger partial charge in [-0.3, -0.25) is 0 Å². The van der Waals surface area contributed by atoms with E-state index in [1.807, 2.05) is 0 Å². The number of anilines is 3. The van der Waals surface area contributed by atoms with Gasteiger partial charge in [0.2, 0.25) is 0 Å². The lowest BCUT2D eigenvalue weighted by Gasteiger charge is -2.42. The summed E-state index contributed by atoms with van der Waals surface area (Å²) in [5.74, 6) is 0. The minimum Gasteiger partial charge on any atom is -0.310 e. The Kier molecular flexibility index (Phi) is 6.76. The molecular weight excluding hydrogens is 665 g/mol. The number of aromatic nitrogens is 1. The second-order valence-corrected chi connectivity index (χ2v) is 15.8. The molecule has 262 valence electrons. The molecule has 1 aliphatic rings. The van der Waals surface area contributed by atoms with E-state index in [-0.39, 0.29) is 5.41 Å². The molecule has 0 N–H and O–H groups in total. The molecule has 2 heteroatoms. The maximum absolute atomic E-state index is 2.48. The van der Waals surface area contributed by atoms with Crippen molar-refractivity contribution in [3.8, 4) is 16.8 Å². The normalized spacial score (nSPS) is 13.6. The minimum atomic E-state index is -0.111. The zero-order chi connectivity index (χ0) is 37.0. The van der Waals surface area contributed by atoms with E-state index in [0.29, 0.717) is 0 Å².